The number of benzene rings is 2. The third kappa shape index (κ3) is 3.50. The number of rotatable bonds is 6. The van der Waals surface area contributed by atoms with Crippen molar-refractivity contribution in [3.05, 3.63) is 53.7 Å². The van der Waals surface area contributed by atoms with Gasteiger partial charge in [0, 0.05) is 11.9 Å². The summed E-state index contributed by atoms with van der Waals surface area (Å²) in [4.78, 5) is 14.6. The minimum Gasteiger partial charge on any atom is -0.492 e. The molecule has 2 aromatic carbocycles. The molecule has 0 aliphatic heterocycles. The molecule has 5 nitrogen and oxygen atoms in total. The highest BCUT2D eigenvalue weighted by Gasteiger charge is 2.21. The van der Waals surface area contributed by atoms with Gasteiger partial charge >= 0.3 is 0 Å². The van der Waals surface area contributed by atoms with Crippen LogP contribution in [0.2, 0.25) is 0 Å². The molecule has 0 N–H and O–H groups in total. The Balaban J connectivity index is 1.89. The van der Waals surface area contributed by atoms with E-state index >= 15 is 0 Å². The Bertz CT molecular complexity index is 886. The third-order valence-electron chi connectivity index (χ3n) is 4.09. The summed E-state index contributed by atoms with van der Waals surface area (Å²) >= 11 is 0. The van der Waals surface area contributed by atoms with E-state index in [1.807, 2.05) is 63.2 Å². The van der Waals surface area contributed by atoms with Gasteiger partial charge in [-0.05, 0) is 45.0 Å². The zero-order chi connectivity index (χ0) is 17.8. The number of aromatic nitrogens is 1. The molecule has 0 atom stereocenters. The summed E-state index contributed by atoms with van der Waals surface area (Å²) in [5.41, 5.74) is 3.25. The molecule has 0 unspecified atom stereocenters. The lowest BCUT2D eigenvalue weighted by atomic mass is 10.1. The molecule has 130 valence electrons. The number of ether oxygens (including phenoxy) is 1. The predicted molar refractivity (Wildman–Crippen MR) is 98.1 cm³/mol. The number of fused-ring (bicyclic) bond motifs is 1. The number of aryl methyl sites for hydroxylation is 1. The zero-order valence-corrected chi connectivity index (χ0v) is 14.8. The molecule has 1 heterocycles. The van der Waals surface area contributed by atoms with Crippen molar-refractivity contribution in [2.45, 2.75) is 27.2 Å². The van der Waals surface area contributed by atoms with Gasteiger partial charge in [-0.25, -0.2) is 0 Å². The van der Waals surface area contributed by atoms with E-state index in [0.29, 0.717) is 30.2 Å². The fraction of sp³-hybridized carbons (Fsp3) is 0.300. The summed E-state index contributed by atoms with van der Waals surface area (Å²) in [6.45, 7) is 6.99. The van der Waals surface area contributed by atoms with Crippen LogP contribution in [0, 0.1) is 6.92 Å². The monoisotopic (exact) mass is 338 g/mol. The first-order valence-corrected chi connectivity index (χ1v) is 8.51. The third-order valence-corrected chi connectivity index (χ3v) is 4.09. The van der Waals surface area contributed by atoms with Crippen molar-refractivity contribution in [1.29, 1.82) is 0 Å². The van der Waals surface area contributed by atoms with Gasteiger partial charge in [-0.15, -0.1) is 0 Å². The molecule has 3 rings (SSSR count). The molecule has 0 fully saturated rings. The average Bonchev–Trinajstić information content (AvgIpc) is 2.99. The lowest BCUT2D eigenvalue weighted by molar-refractivity contribution is -0.118. The number of carbonyl (C=O) groups excluding carboxylic acids is 1. The normalized spacial score (nSPS) is 10.8. The van der Waals surface area contributed by atoms with Crippen LogP contribution in [0.4, 0.5) is 5.69 Å². The Kier molecular flexibility index (Phi) is 5.03. The fourth-order valence-corrected chi connectivity index (χ4v) is 2.91. The maximum absolute atomic E-state index is 12.9. The number of hydrogen-bond acceptors (Lipinski definition) is 4. The standard InChI is InChI=1S/C20H22N2O3/c1-4-22(17-8-6-7-9-19(17)24-5-2)20(23)13-16-15-12-14(3)10-11-18(15)25-21-16/h6-12H,4-5,13H2,1-3H3. The molecule has 5 heteroatoms. The van der Waals surface area contributed by atoms with E-state index in [-0.39, 0.29) is 12.3 Å². The van der Waals surface area contributed by atoms with Crippen LogP contribution in [0.1, 0.15) is 25.1 Å². The molecule has 0 radical (unpaired) electrons. The number of amides is 1. The van der Waals surface area contributed by atoms with Crippen LogP contribution in [0.5, 0.6) is 5.75 Å². The average molecular weight is 338 g/mol. The van der Waals surface area contributed by atoms with Crippen molar-refractivity contribution in [3.63, 3.8) is 0 Å². The molecular formula is C20H22N2O3. The van der Waals surface area contributed by atoms with Gasteiger partial charge < -0.3 is 14.2 Å². The summed E-state index contributed by atoms with van der Waals surface area (Å²) in [6, 6.07) is 13.4. The van der Waals surface area contributed by atoms with E-state index in [0.717, 1.165) is 16.6 Å². The minimum absolute atomic E-state index is 0.0358. The van der Waals surface area contributed by atoms with E-state index in [1.54, 1.807) is 4.90 Å². The molecule has 0 spiro atoms. The number of carbonyl (C=O) groups is 1. The predicted octanol–water partition coefficient (Wildman–Crippen LogP) is 4.13. The maximum Gasteiger partial charge on any atom is 0.233 e. The van der Waals surface area contributed by atoms with E-state index < -0.39 is 0 Å². The van der Waals surface area contributed by atoms with Gasteiger partial charge in [0.25, 0.3) is 0 Å². The highest BCUT2D eigenvalue weighted by atomic mass is 16.5. The van der Waals surface area contributed by atoms with Gasteiger partial charge in [0.05, 0.1) is 18.7 Å². The second-order valence-corrected chi connectivity index (χ2v) is 5.84. The van der Waals surface area contributed by atoms with E-state index in [4.69, 9.17) is 9.26 Å². The van der Waals surface area contributed by atoms with Gasteiger partial charge in [-0.1, -0.05) is 28.9 Å². The van der Waals surface area contributed by atoms with Crippen molar-refractivity contribution in [2.75, 3.05) is 18.1 Å². The van der Waals surface area contributed by atoms with Crippen LogP contribution in [-0.2, 0) is 11.2 Å². The molecule has 25 heavy (non-hydrogen) atoms. The second-order valence-electron chi connectivity index (χ2n) is 5.84. The van der Waals surface area contributed by atoms with Crippen LogP contribution in [0.15, 0.2) is 47.0 Å². The molecule has 3 aromatic rings. The largest absolute Gasteiger partial charge is 0.492 e. The van der Waals surface area contributed by atoms with Gasteiger partial charge in [-0.2, -0.15) is 0 Å². The molecule has 0 saturated heterocycles. The van der Waals surface area contributed by atoms with Crippen LogP contribution < -0.4 is 9.64 Å². The van der Waals surface area contributed by atoms with Crippen molar-refractivity contribution >= 4 is 22.6 Å². The summed E-state index contributed by atoms with van der Waals surface area (Å²) in [6.07, 6.45) is 0.185. The molecule has 0 aliphatic rings. The Morgan fingerprint density at radius 1 is 1.20 bits per heavy atom. The second kappa shape index (κ2) is 7.38. The molecule has 1 amide bonds. The van der Waals surface area contributed by atoms with Crippen molar-refractivity contribution in [2.24, 2.45) is 0 Å². The van der Waals surface area contributed by atoms with Crippen LogP contribution in [0.3, 0.4) is 0 Å². The van der Waals surface area contributed by atoms with Gasteiger partial charge in [0.2, 0.25) is 5.91 Å². The van der Waals surface area contributed by atoms with E-state index in [2.05, 4.69) is 5.16 Å². The SMILES string of the molecule is CCOc1ccccc1N(CC)C(=O)Cc1noc2ccc(C)cc12. The van der Waals surface area contributed by atoms with Crippen molar-refractivity contribution < 1.29 is 14.1 Å². The first-order valence-electron chi connectivity index (χ1n) is 8.51. The molecular weight excluding hydrogens is 316 g/mol. The van der Waals surface area contributed by atoms with Gasteiger partial charge in [0.15, 0.2) is 5.58 Å². The van der Waals surface area contributed by atoms with Crippen LogP contribution >= 0.6 is 0 Å². The summed E-state index contributed by atoms with van der Waals surface area (Å²) in [5, 5.41) is 4.98. The van der Waals surface area contributed by atoms with Crippen molar-refractivity contribution in [1.82, 2.24) is 5.16 Å². The first-order chi connectivity index (χ1) is 12.1. The number of likely N-dealkylation sites (N-methyl/N-ethyl adjacent to an activating group) is 1. The Hall–Kier alpha value is -2.82. The lowest BCUT2D eigenvalue weighted by Crippen LogP contribution is -2.32. The van der Waals surface area contributed by atoms with E-state index in [1.165, 1.54) is 0 Å². The number of anilines is 1. The molecule has 1 aromatic heterocycles. The first kappa shape index (κ1) is 17.0. The topological polar surface area (TPSA) is 55.6 Å². The highest BCUT2D eigenvalue weighted by molar-refractivity contribution is 5.97. The van der Waals surface area contributed by atoms with Gasteiger partial charge in [-0.3, -0.25) is 4.79 Å². The maximum atomic E-state index is 12.9. The number of nitrogens with zero attached hydrogens (tertiary/aromatic N) is 2. The molecule has 0 aliphatic carbocycles. The highest BCUT2D eigenvalue weighted by Crippen LogP contribution is 2.29. The summed E-state index contributed by atoms with van der Waals surface area (Å²) < 4.78 is 11.0. The summed E-state index contributed by atoms with van der Waals surface area (Å²) in [7, 11) is 0. The molecule has 0 saturated carbocycles. The number of hydrogen-bond donors (Lipinski definition) is 0. The van der Waals surface area contributed by atoms with Gasteiger partial charge in [0.1, 0.15) is 11.4 Å². The Morgan fingerprint density at radius 3 is 2.76 bits per heavy atom. The van der Waals surface area contributed by atoms with Crippen LogP contribution in [-0.4, -0.2) is 24.2 Å². The van der Waals surface area contributed by atoms with Crippen LogP contribution in [0.25, 0.3) is 11.0 Å². The minimum atomic E-state index is -0.0358. The Labute approximate surface area is 147 Å². The van der Waals surface area contributed by atoms with Crippen molar-refractivity contribution in [3.8, 4) is 5.75 Å². The zero-order valence-electron chi connectivity index (χ0n) is 14.8. The Morgan fingerprint density at radius 2 is 2.00 bits per heavy atom. The van der Waals surface area contributed by atoms with E-state index in [9.17, 15) is 4.79 Å². The smallest absolute Gasteiger partial charge is 0.233 e. The molecule has 0 bridgehead atoms. The number of para-hydroxylation sites is 2. The fourth-order valence-electron chi connectivity index (χ4n) is 2.91. The lowest BCUT2D eigenvalue weighted by Gasteiger charge is -2.23. The summed E-state index contributed by atoms with van der Waals surface area (Å²) in [5.74, 6) is 0.674. The quantitative estimate of drug-likeness (QED) is 0.678.